The summed E-state index contributed by atoms with van der Waals surface area (Å²) in [5.74, 6) is 2.33. The second-order valence-corrected chi connectivity index (χ2v) is 9.45. The lowest BCUT2D eigenvalue weighted by Crippen LogP contribution is -2.39. The van der Waals surface area contributed by atoms with Crippen LogP contribution in [0.3, 0.4) is 0 Å². The first-order valence-electron chi connectivity index (χ1n) is 12.2. The van der Waals surface area contributed by atoms with Crippen LogP contribution in [0.1, 0.15) is 51.0 Å². The van der Waals surface area contributed by atoms with E-state index in [4.69, 9.17) is 9.47 Å². The van der Waals surface area contributed by atoms with Crippen molar-refractivity contribution >= 4 is 5.91 Å². The first-order chi connectivity index (χ1) is 16.4. The van der Waals surface area contributed by atoms with Crippen LogP contribution in [0.4, 0.5) is 0 Å². The highest BCUT2D eigenvalue weighted by atomic mass is 16.5. The molecular formula is C30H35NO3. The largest absolute Gasteiger partial charge is 0.496 e. The Labute approximate surface area is 203 Å². The van der Waals surface area contributed by atoms with E-state index in [-0.39, 0.29) is 5.91 Å². The number of carbonyl (C=O) groups is 1. The Morgan fingerprint density at radius 3 is 2.38 bits per heavy atom. The third kappa shape index (κ3) is 5.61. The topological polar surface area (TPSA) is 38.8 Å². The molecule has 0 spiro atoms. The molecule has 4 heteroatoms. The molecule has 0 bridgehead atoms. The van der Waals surface area contributed by atoms with Crippen LogP contribution in [0, 0.1) is 26.7 Å². The molecule has 0 radical (unpaired) electrons. The lowest BCUT2D eigenvalue weighted by Gasteiger charge is -2.32. The highest BCUT2D eigenvalue weighted by molar-refractivity contribution is 5.94. The van der Waals surface area contributed by atoms with E-state index in [1.807, 2.05) is 23.1 Å². The zero-order chi connectivity index (χ0) is 24.1. The molecule has 4 nitrogen and oxygen atoms in total. The van der Waals surface area contributed by atoms with Gasteiger partial charge in [0.1, 0.15) is 18.1 Å². The number of carbonyl (C=O) groups excluding carboxylic acids is 1. The summed E-state index contributed by atoms with van der Waals surface area (Å²) >= 11 is 0. The number of hydrogen-bond donors (Lipinski definition) is 0. The van der Waals surface area contributed by atoms with Gasteiger partial charge in [0.05, 0.1) is 7.11 Å². The van der Waals surface area contributed by atoms with Crippen molar-refractivity contribution in [3.8, 4) is 11.5 Å². The smallest absolute Gasteiger partial charge is 0.253 e. The number of amides is 1. The van der Waals surface area contributed by atoms with Crippen molar-refractivity contribution < 1.29 is 14.3 Å². The maximum absolute atomic E-state index is 13.3. The number of likely N-dealkylation sites (tertiary alicyclic amines) is 1. The zero-order valence-corrected chi connectivity index (χ0v) is 20.8. The van der Waals surface area contributed by atoms with Gasteiger partial charge < -0.3 is 14.4 Å². The Hall–Kier alpha value is -3.27. The van der Waals surface area contributed by atoms with Crippen molar-refractivity contribution in [2.45, 2.75) is 46.6 Å². The van der Waals surface area contributed by atoms with Gasteiger partial charge in [-0.1, -0.05) is 36.4 Å². The Morgan fingerprint density at radius 1 is 0.941 bits per heavy atom. The summed E-state index contributed by atoms with van der Waals surface area (Å²) < 4.78 is 11.7. The lowest BCUT2D eigenvalue weighted by atomic mass is 9.90. The summed E-state index contributed by atoms with van der Waals surface area (Å²) in [7, 11) is 1.65. The third-order valence-electron chi connectivity index (χ3n) is 6.94. The fourth-order valence-electron chi connectivity index (χ4n) is 4.80. The van der Waals surface area contributed by atoms with Gasteiger partial charge in [-0.15, -0.1) is 0 Å². The molecule has 4 rings (SSSR count). The van der Waals surface area contributed by atoms with E-state index in [2.05, 4.69) is 63.2 Å². The highest BCUT2D eigenvalue weighted by Gasteiger charge is 2.24. The lowest BCUT2D eigenvalue weighted by molar-refractivity contribution is 0.0690. The highest BCUT2D eigenvalue weighted by Crippen LogP contribution is 2.28. The van der Waals surface area contributed by atoms with Gasteiger partial charge in [-0.05, 0) is 92.5 Å². The first-order valence-corrected chi connectivity index (χ1v) is 12.2. The number of ether oxygens (including phenoxy) is 2. The summed E-state index contributed by atoms with van der Waals surface area (Å²) in [5.41, 5.74) is 6.47. The number of aryl methyl sites for hydroxylation is 2. The molecule has 0 aliphatic carbocycles. The van der Waals surface area contributed by atoms with Crippen LogP contribution in [0.5, 0.6) is 11.5 Å². The van der Waals surface area contributed by atoms with Crippen molar-refractivity contribution in [1.82, 2.24) is 4.90 Å². The molecule has 1 aliphatic rings. The molecule has 3 aromatic carbocycles. The van der Waals surface area contributed by atoms with E-state index in [0.717, 1.165) is 55.0 Å². The van der Waals surface area contributed by atoms with Gasteiger partial charge in [-0.2, -0.15) is 0 Å². The maximum Gasteiger partial charge on any atom is 0.253 e. The molecule has 0 aromatic heterocycles. The molecule has 0 atom stereocenters. The zero-order valence-electron chi connectivity index (χ0n) is 20.8. The monoisotopic (exact) mass is 457 g/mol. The van der Waals surface area contributed by atoms with Crippen LogP contribution in [-0.2, 0) is 13.0 Å². The van der Waals surface area contributed by atoms with Gasteiger partial charge in [0.15, 0.2) is 0 Å². The molecule has 1 amide bonds. The Morgan fingerprint density at radius 2 is 1.68 bits per heavy atom. The molecule has 3 aromatic rings. The van der Waals surface area contributed by atoms with Crippen molar-refractivity contribution in [2.75, 3.05) is 20.2 Å². The number of nitrogens with zero attached hydrogens (tertiary/aromatic N) is 1. The molecule has 1 fully saturated rings. The third-order valence-corrected chi connectivity index (χ3v) is 6.94. The Kier molecular flexibility index (Phi) is 7.56. The minimum absolute atomic E-state index is 0.0876. The van der Waals surface area contributed by atoms with Crippen molar-refractivity contribution in [1.29, 1.82) is 0 Å². The second-order valence-electron chi connectivity index (χ2n) is 9.45. The number of piperidine rings is 1. The molecule has 1 aliphatic heterocycles. The Bertz CT molecular complexity index is 1130. The van der Waals surface area contributed by atoms with Crippen molar-refractivity contribution in [3.63, 3.8) is 0 Å². The van der Waals surface area contributed by atoms with Gasteiger partial charge in [-0.25, -0.2) is 0 Å². The van der Waals surface area contributed by atoms with E-state index in [9.17, 15) is 4.79 Å². The van der Waals surface area contributed by atoms with Crippen LogP contribution < -0.4 is 9.47 Å². The second kappa shape index (κ2) is 10.8. The SMILES string of the molecule is COc1ccc(C(=O)N2CCC(Cc3ccccc3)CC2)cc1COc1cc(C)cc(C)c1C. The summed E-state index contributed by atoms with van der Waals surface area (Å²) in [5, 5.41) is 0. The molecule has 0 unspecified atom stereocenters. The van der Waals surface area contributed by atoms with Crippen LogP contribution in [0.25, 0.3) is 0 Å². The van der Waals surface area contributed by atoms with Crippen LogP contribution >= 0.6 is 0 Å². The van der Waals surface area contributed by atoms with Gasteiger partial charge in [-0.3, -0.25) is 4.79 Å². The quantitative estimate of drug-likeness (QED) is 0.418. The van der Waals surface area contributed by atoms with Gasteiger partial charge in [0.2, 0.25) is 0 Å². The molecule has 1 saturated heterocycles. The van der Waals surface area contributed by atoms with Crippen molar-refractivity contribution in [3.05, 3.63) is 94.0 Å². The molecule has 1 heterocycles. The average molecular weight is 458 g/mol. The summed E-state index contributed by atoms with van der Waals surface area (Å²) in [4.78, 5) is 15.3. The number of hydrogen-bond acceptors (Lipinski definition) is 3. The van der Waals surface area contributed by atoms with E-state index in [0.29, 0.717) is 18.1 Å². The Balaban J connectivity index is 1.41. The molecular weight excluding hydrogens is 422 g/mol. The van der Waals surface area contributed by atoms with Crippen LogP contribution in [0.2, 0.25) is 0 Å². The fourth-order valence-corrected chi connectivity index (χ4v) is 4.80. The van der Waals surface area contributed by atoms with Gasteiger partial charge >= 0.3 is 0 Å². The first kappa shape index (κ1) is 23.9. The van der Waals surface area contributed by atoms with Gasteiger partial charge in [0, 0.05) is 24.2 Å². The minimum atomic E-state index is 0.0876. The summed E-state index contributed by atoms with van der Waals surface area (Å²) in [6.45, 7) is 8.20. The number of benzene rings is 3. The van der Waals surface area contributed by atoms with E-state index in [1.165, 1.54) is 16.7 Å². The average Bonchev–Trinajstić information content (AvgIpc) is 2.86. The summed E-state index contributed by atoms with van der Waals surface area (Å²) in [6, 6.07) is 20.5. The van der Waals surface area contributed by atoms with E-state index < -0.39 is 0 Å². The minimum Gasteiger partial charge on any atom is -0.496 e. The van der Waals surface area contributed by atoms with Crippen LogP contribution in [-0.4, -0.2) is 31.0 Å². The van der Waals surface area contributed by atoms with E-state index >= 15 is 0 Å². The molecule has 34 heavy (non-hydrogen) atoms. The fraction of sp³-hybridized carbons (Fsp3) is 0.367. The number of methoxy groups -OCH3 is 1. The van der Waals surface area contributed by atoms with Crippen LogP contribution in [0.15, 0.2) is 60.7 Å². The number of rotatable bonds is 7. The molecule has 0 N–H and O–H groups in total. The predicted octanol–water partition coefficient (Wildman–Crippen LogP) is 6.29. The normalized spacial score (nSPS) is 14.2. The molecule has 0 saturated carbocycles. The van der Waals surface area contributed by atoms with Gasteiger partial charge in [0.25, 0.3) is 5.91 Å². The molecule has 178 valence electrons. The van der Waals surface area contributed by atoms with E-state index in [1.54, 1.807) is 7.11 Å². The summed E-state index contributed by atoms with van der Waals surface area (Å²) in [6.07, 6.45) is 3.17. The predicted molar refractivity (Wildman–Crippen MR) is 137 cm³/mol. The van der Waals surface area contributed by atoms with Crippen molar-refractivity contribution in [2.24, 2.45) is 5.92 Å². The maximum atomic E-state index is 13.3. The standard InChI is InChI=1S/C30H35NO3/c1-21-16-22(2)23(3)29(17-21)34-20-27-19-26(10-11-28(27)33-4)30(32)31-14-12-25(13-15-31)18-24-8-6-5-7-9-24/h5-11,16-17,19,25H,12-15,18,20H2,1-4H3.